The topological polar surface area (TPSA) is 56.6 Å². The lowest BCUT2D eigenvalue weighted by atomic mass is 9.84. The fourth-order valence-corrected chi connectivity index (χ4v) is 6.23. The normalized spacial score (nSPS) is 19.3. The van der Waals surface area contributed by atoms with E-state index in [9.17, 15) is 13.6 Å². The van der Waals surface area contributed by atoms with Crippen LogP contribution in [-0.2, 0) is 12.0 Å². The second kappa shape index (κ2) is 11.6. The number of rotatable bonds is 7. The number of anilines is 1. The lowest BCUT2D eigenvalue weighted by Crippen LogP contribution is -2.51. The summed E-state index contributed by atoms with van der Waals surface area (Å²) in [5.74, 6) is -1.10. The summed E-state index contributed by atoms with van der Waals surface area (Å²) in [7, 11) is 2.06. The minimum atomic E-state index is -2.48. The summed E-state index contributed by atoms with van der Waals surface area (Å²) in [6.07, 6.45) is 2.15. The molecule has 212 valence electrons. The van der Waals surface area contributed by atoms with Crippen LogP contribution in [0.5, 0.6) is 0 Å². The van der Waals surface area contributed by atoms with Crippen molar-refractivity contribution in [2.75, 3.05) is 37.5 Å². The molecule has 0 radical (unpaired) electrons. The molecule has 38 heavy (non-hydrogen) atoms. The standard InChI is InChI=1S/C28H44F2N6OS/c1-20(2)31-26(37)34-15-17-35(18-16-34)38-33(6)22-7-8-24-23(19-22)32-25(27(3,4)5)36(24)14-11-21-9-12-28(29,30)13-10-21/h7-8,19-21H,9-18H2,1-6H3,(H,31,37). The molecule has 1 aliphatic heterocycles. The van der Waals surface area contributed by atoms with Gasteiger partial charge in [0, 0.05) is 76.2 Å². The van der Waals surface area contributed by atoms with Gasteiger partial charge in [0.25, 0.3) is 0 Å². The summed E-state index contributed by atoms with van der Waals surface area (Å²) in [5.41, 5.74) is 3.01. The van der Waals surface area contributed by atoms with Crippen molar-refractivity contribution >= 4 is 34.9 Å². The number of carbonyl (C=O) groups is 1. The number of benzene rings is 1. The van der Waals surface area contributed by atoms with Crippen LogP contribution in [0.4, 0.5) is 19.3 Å². The van der Waals surface area contributed by atoms with E-state index in [1.807, 2.05) is 18.7 Å². The van der Waals surface area contributed by atoms with Crippen molar-refractivity contribution in [2.24, 2.45) is 5.92 Å². The van der Waals surface area contributed by atoms with E-state index in [2.05, 4.69) is 64.5 Å². The number of urea groups is 1. The summed E-state index contributed by atoms with van der Waals surface area (Å²) < 4.78 is 34.0. The van der Waals surface area contributed by atoms with Crippen molar-refractivity contribution in [1.29, 1.82) is 0 Å². The van der Waals surface area contributed by atoms with Crippen LogP contribution in [0.1, 0.15) is 72.5 Å². The number of alkyl halides is 2. The summed E-state index contributed by atoms with van der Waals surface area (Å²) in [5, 5.41) is 2.97. The van der Waals surface area contributed by atoms with Gasteiger partial charge in [0.15, 0.2) is 0 Å². The zero-order valence-electron chi connectivity index (χ0n) is 23.8. The Balaban J connectivity index is 1.42. The molecule has 0 unspecified atom stereocenters. The van der Waals surface area contributed by atoms with Crippen molar-refractivity contribution < 1.29 is 13.6 Å². The first kappa shape index (κ1) is 28.9. The fourth-order valence-electron chi connectivity index (χ4n) is 5.34. The molecular formula is C28H44F2N6OS. The third-order valence-corrected chi connectivity index (χ3v) is 8.59. The zero-order chi connectivity index (χ0) is 27.7. The van der Waals surface area contributed by atoms with Crippen LogP contribution in [-0.4, -0.2) is 70.0 Å². The van der Waals surface area contributed by atoms with E-state index in [-0.39, 0.29) is 30.3 Å². The Bertz CT molecular complexity index is 1100. The number of fused-ring (bicyclic) bond motifs is 1. The number of nitrogens with one attached hydrogen (secondary N) is 1. The average molecular weight is 551 g/mol. The Labute approximate surface area is 230 Å². The molecule has 1 aliphatic carbocycles. The maximum Gasteiger partial charge on any atom is 0.317 e. The van der Waals surface area contributed by atoms with Crippen LogP contribution in [0.15, 0.2) is 18.2 Å². The molecule has 2 aromatic rings. The molecule has 0 atom stereocenters. The van der Waals surface area contributed by atoms with E-state index in [1.165, 1.54) is 0 Å². The number of hydrogen-bond donors (Lipinski definition) is 1. The van der Waals surface area contributed by atoms with Gasteiger partial charge in [-0.15, -0.1) is 0 Å². The highest BCUT2D eigenvalue weighted by molar-refractivity contribution is 7.98. The van der Waals surface area contributed by atoms with Gasteiger partial charge in [-0.3, -0.25) is 0 Å². The number of halogens is 2. The molecule has 4 rings (SSSR count). The van der Waals surface area contributed by atoms with Gasteiger partial charge >= 0.3 is 6.03 Å². The molecule has 0 spiro atoms. The summed E-state index contributed by atoms with van der Waals surface area (Å²) in [6.45, 7) is 14.3. The van der Waals surface area contributed by atoms with E-state index in [0.717, 1.165) is 48.6 Å². The Hall–Kier alpha value is -2.07. The Morgan fingerprint density at radius 3 is 2.45 bits per heavy atom. The highest BCUT2D eigenvalue weighted by Gasteiger charge is 2.35. The van der Waals surface area contributed by atoms with E-state index >= 15 is 0 Å². The van der Waals surface area contributed by atoms with Crippen LogP contribution in [0.25, 0.3) is 11.0 Å². The summed E-state index contributed by atoms with van der Waals surface area (Å²) >= 11 is 1.67. The number of aryl methyl sites for hydroxylation is 1. The van der Waals surface area contributed by atoms with Crippen LogP contribution < -0.4 is 9.62 Å². The van der Waals surface area contributed by atoms with E-state index in [1.54, 1.807) is 12.1 Å². The Morgan fingerprint density at radius 2 is 1.84 bits per heavy atom. The molecule has 1 N–H and O–H groups in total. The maximum absolute atomic E-state index is 13.6. The first-order chi connectivity index (χ1) is 17.8. The predicted molar refractivity (Wildman–Crippen MR) is 153 cm³/mol. The fraction of sp³-hybridized carbons (Fsp3) is 0.714. The van der Waals surface area contributed by atoms with E-state index in [4.69, 9.17) is 4.98 Å². The quantitative estimate of drug-likeness (QED) is 0.411. The molecule has 2 heterocycles. The molecule has 2 amide bonds. The third-order valence-electron chi connectivity index (χ3n) is 7.54. The molecule has 2 fully saturated rings. The number of carbonyl (C=O) groups excluding carboxylic acids is 1. The SMILES string of the molecule is CC(C)NC(=O)N1CCN(SN(C)c2ccc3c(c2)nc(C(C)(C)C)n3CCC2CCC(F)(F)CC2)CC1. The van der Waals surface area contributed by atoms with Crippen molar-refractivity contribution in [3.8, 4) is 0 Å². The average Bonchev–Trinajstić information content (AvgIpc) is 3.22. The number of aromatic nitrogens is 2. The lowest BCUT2D eigenvalue weighted by Gasteiger charge is -2.36. The van der Waals surface area contributed by atoms with Crippen molar-refractivity contribution in [2.45, 2.75) is 90.6 Å². The molecule has 10 heteroatoms. The largest absolute Gasteiger partial charge is 0.336 e. The van der Waals surface area contributed by atoms with Crippen LogP contribution in [0.3, 0.4) is 0 Å². The number of hydrogen-bond acceptors (Lipinski definition) is 5. The van der Waals surface area contributed by atoms with Crippen LogP contribution in [0, 0.1) is 5.92 Å². The minimum absolute atomic E-state index is 0.00937. The molecule has 1 saturated carbocycles. The van der Waals surface area contributed by atoms with Crippen LogP contribution >= 0.6 is 12.1 Å². The first-order valence-corrected chi connectivity index (χ1v) is 14.7. The van der Waals surface area contributed by atoms with Gasteiger partial charge in [-0.05, 0) is 57.2 Å². The molecular weight excluding hydrogens is 506 g/mol. The number of imidazole rings is 1. The van der Waals surface area contributed by atoms with Gasteiger partial charge in [-0.2, -0.15) is 0 Å². The number of nitrogens with zero attached hydrogens (tertiary/aromatic N) is 5. The monoisotopic (exact) mass is 550 g/mol. The molecule has 1 aromatic heterocycles. The summed E-state index contributed by atoms with van der Waals surface area (Å²) in [4.78, 5) is 19.2. The highest BCUT2D eigenvalue weighted by atomic mass is 32.2. The Morgan fingerprint density at radius 1 is 1.18 bits per heavy atom. The number of amides is 2. The number of piperazine rings is 1. The van der Waals surface area contributed by atoms with E-state index in [0.29, 0.717) is 31.8 Å². The lowest BCUT2D eigenvalue weighted by molar-refractivity contribution is -0.0468. The van der Waals surface area contributed by atoms with Gasteiger partial charge in [0.05, 0.1) is 16.7 Å². The highest BCUT2D eigenvalue weighted by Crippen LogP contribution is 2.38. The molecule has 7 nitrogen and oxygen atoms in total. The zero-order valence-corrected chi connectivity index (χ0v) is 24.6. The smallest absolute Gasteiger partial charge is 0.317 e. The molecule has 2 aliphatic rings. The van der Waals surface area contributed by atoms with Crippen molar-refractivity contribution in [3.63, 3.8) is 0 Å². The van der Waals surface area contributed by atoms with Gasteiger partial charge < -0.3 is 19.1 Å². The Kier molecular flexibility index (Phi) is 8.81. The van der Waals surface area contributed by atoms with Crippen molar-refractivity contribution in [1.82, 2.24) is 24.1 Å². The van der Waals surface area contributed by atoms with Gasteiger partial charge in [-0.25, -0.2) is 22.9 Å². The third kappa shape index (κ3) is 7.11. The molecule has 1 aromatic carbocycles. The second-order valence-corrected chi connectivity index (χ2v) is 13.4. The first-order valence-electron chi connectivity index (χ1n) is 13.9. The van der Waals surface area contributed by atoms with Gasteiger partial charge in [0.1, 0.15) is 5.82 Å². The van der Waals surface area contributed by atoms with E-state index < -0.39 is 5.92 Å². The second-order valence-electron chi connectivity index (χ2n) is 12.2. The maximum atomic E-state index is 13.6. The summed E-state index contributed by atoms with van der Waals surface area (Å²) in [6, 6.07) is 6.57. The van der Waals surface area contributed by atoms with Gasteiger partial charge in [-0.1, -0.05) is 20.8 Å². The van der Waals surface area contributed by atoms with Crippen LogP contribution in [0.2, 0.25) is 0 Å². The minimum Gasteiger partial charge on any atom is -0.336 e. The van der Waals surface area contributed by atoms with Crippen molar-refractivity contribution in [3.05, 3.63) is 24.0 Å². The van der Waals surface area contributed by atoms with Gasteiger partial charge in [0.2, 0.25) is 5.92 Å². The predicted octanol–water partition coefficient (Wildman–Crippen LogP) is 6.28. The molecule has 1 saturated heterocycles. The molecule has 0 bridgehead atoms.